The summed E-state index contributed by atoms with van der Waals surface area (Å²) in [6.45, 7) is 1.82. The molecule has 1 aromatic heterocycles. The van der Waals surface area contributed by atoms with E-state index in [0.29, 0.717) is 6.42 Å². The van der Waals surface area contributed by atoms with E-state index in [4.69, 9.17) is 4.42 Å². The Morgan fingerprint density at radius 3 is 2.78 bits per heavy atom. The Kier molecular flexibility index (Phi) is 3.43. The second-order valence-corrected chi connectivity index (χ2v) is 4.00. The highest BCUT2D eigenvalue weighted by Crippen LogP contribution is 2.25. The van der Waals surface area contributed by atoms with Gasteiger partial charge in [0.15, 0.2) is 23.0 Å². The third kappa shape index (κ3) is 1.90. The van der Waals surface area contributed by atoms with Crippen LogP contribution in [0, 0.1) is 11.6 Å². The van der Waals surface area contributed by atoms with Crippen LogP contribution in [0.25, 0.3) is 11.0 Å². The first kappa shape index (κ1) is 12.7. The van der Waals surface area contributed by atoms with Crippen LogP contribution in [0.4, 0.5) is 8.78 Å². The molecule has 0 aliphatic heterocycles. The lowest BCUT2D eigenvalue weighted by atomic mass is 10.0. The van der Waals surface area contributed by atoms with Gasteiger partial charge in [-0.1, -0.05) is 6.92 Å². The van der Waals surface area contributed by atoms with E-state index in [0.717, 1.165) is 6.26 Å². The smallest absolute Gasteiger partial charge is 0.182 e. The Morgan fingerprint density at radius 1 is 1.44 bits per heavy atom. The Hall–Kier alpha value is -1.75. The van der Waals surface area contributed by atoms with Gasteiger partial charge in [-0.2, -0.15) is 0 Å². The van der Waals surface area contributed by atoms with Crippen molar-refractivity contribution in [3.05, 3.63) is 35.6 Å². The summed E-state index contributed by atoms with van der Waals surface area (Å²) < 4.78 is 32.0. The molecule has 2 rings (SSSR count). The highest BCUT2D eigenvalue weighted by atomic mass is 19.1. The van der Waals surface area contributed by atoms with Gasteiger partial charge < -0.3 is 9.73 Å². The molecule has 0 amide bonds. The maximum absolute atomic E-state index is 14.1. The van der Waals surface area contributed by atoms with Crippen LogP contribution in [-0.4, -0.2) is 18.9 Å². The largest absolute Gasteiger partial charge is 0.458 e. The molecule has 0 aliphatic rings. The monoisotopic (exact) mass is 253 g/mol. The fourth-order valence-corrected chi connectivity index (χ4v) is 1.93. The number of Topliss-reactive ketones (excluding diaryl/α,β-unsaturated/α-hetero) is 1. The number of carbonyl (C=O) groups is 1. The number of halogens is 2. The van der Waals surface area contributed by atoms with Gasteiger partial charge in [0.25, 0.3) is 0 Å². The van der Waals surface area contributed by atoms with Crippen LogP contribution >= 0.6 is 0 Å². The van der Waals surface area contributed by atoms with Crippen LogP contribution in [0.2, 0.25) is 0 Å². The molecule has 0 saturated carbocycles. The zero-order valence-electron chi connectivity index (χ0n) is 10.1. The predicted molar refractivity (Wildman–Crippen MR) is 63.6 cm³/mol. The van der Waals surface area contributed by atoms with E-state index in [-0.39, 0.29) is 22.3 Å². The van der Waals surface area contributed by atoms with Gasteiger partial charge in [-0.15, -0.1) is 0 Å². The van der Waals surface area contributed by atoms with Crippen LogP contribution in [-0.2, 0) is 0 Å². The van der Waals surface area contributed by atoms with Crippen molar-refractivity contribution >= 4 is 16.8 Å². The molecule has 2 aromatic rings. The number of rotatable bonds is 4. The first-order valence-corrected chi connectivity index (χ1v) is 5.66. The molecular weight excluding hydrogens is 240 g/mol. The lowest BCUT2D eigenvalue weighted by Crippen LogP contribution is -2.33. The summed E-state index contributed by atoms with van der Waals surface area (Å²) in [7, 11) is 1.63. The van der Waals surface area contributed by atoms with E-state index in [1.807, 2.05) is 6.92 Å². The normalized spacial score (nSPS) is 12.9. The number of furan rings is 1. The van der Waals surface area contributed by atoms with E-state index in [9.17, 15) is 13.6 Å². The molecule has 18 heavy (non-hydrogen) atoms. The number of ketones is 1. The van der Waals surface area contributed by atoms with Crippen LogP contribution in [0.3, 0.4) is 0 Å². The molecule has 1 atom stereocenters. The molecule has 0 spiro atoms. The number of fused-ring (bicyclic) bond motifs is 1. The lowest BCUT2D eigenvalue weighted by molar-refractivity contribution is 0.0941. The maximum Gasteiger partial charge on any atom is 0.182 e. The van der Waals surface area contributed by atoms with Crippen LogP contribution in [0.15, 0.2) is 22.8 Å². The molecule has 1 heterocycles. The highest BCUT2D eigenvalue weighted by Gasteiger charge is 2.23. The van der Waals surface area contributed by atoms with Gasteiger partial charge in [0, 0.05) is 0 Å². The molecule has 1 unspecified atom stereocenters. The van der Waals surface area contributed by atoms with Gasteiger partial charge in [-0.25, -0.2) is 8.78 Å². The summed E-state index contributed by atoms with van der Waals surface area (Å²) >= 11 is 0. The predicted octanol–water partition coefficient (Wildman–Crippen LogP) is 2.89. The number of nitrogens with one attached hydrogen (secondary N) is 1. The number of carbonyl (C=O) groups excluding carboxylic acids is 1. The van der Waals surface area contributed by atoms with E-state index >= 15 is 0 Å². The summed E-state index contributed by atoms with van der Waals surface area (Å²) in [5.41, 5.74) is -0.303. The van der Waals surface area contributed by atoms with Crippen LogP contribution < -0.4 is 5.32 Å². The van der Waals surface area contributed by atoms with E-state index in [1.165, 1.54) is 12.1 Å². The molecule has 0 radical (unpaired) electrons. The minimum absolute atomic E-state index is 0.0431. The number of benzene rings is 1. The fourth-order valence-electron chi connectivity index (χ4n) is 1.93. The quantitative estimate of drug-likeness (QED) is 0.852. The van der Waals surface area contributed by atoms with Crippen molar-refractivity contribution < 1.29 is 18.0 Å². The Labute approximate surface area is 103 Å². The minimum Gasteiger partial charge on any atom is -0.458 e. The summed E-state index contributed by atoms with van der Waals surface area (Å²) in [5.74, 6) is -1.81. The van der Waals surface area contributed by atoms with Crippen molar-refractivity contribution in [3.8, 4) is 0 Å². The van der Waals surface area contributed by atoms with Gasteiger partial charge in [0.2, 0.25) is 0 Å². The topological polar surface area (TPSA) is 42.2 Å². The van der Waals surface area contributed by atoms with Crippen LogP contribution in [0.5, 0.6) is 0 Å². The molecule has 0 saturated heterocycles. The Morgan fingerprint density at radius 2 is 2.17 bits per heavy atom. The summed E-state index contributed by atoms with van der Waals surface area (Å²) in [6.07, 6.45) is 1.37. The average molecular weight is 253 g/mol. The van der Waals surface area contributed by atoms with Crippen molar-refractivity contribution in [2.45, 2.75) is 19.4 Å². The van der Waals surface area contributed by atoms with Crippen molar-refractivity contribution in [1.82, 2.24) is 5.32 Å². The van der Waals surface area contributed by atoms with Crippen molar-refractivity contribution in [1.29, 1.82) is 0 Å². The molecule has 3 nitrogen and oxygen atoms in total. The maximum atomic E-state index is 14.1. The zero-order valence-corrected chi connectivity index (χ0v) is 10.1. The van der Waals surface area contributed by atoms with Gasteiger partial charge in [0.05, 0.1) is 17.0 Å². The third-order valence-electron chi connectivity index (χ3n) is 2.97. The first-order chi connectivity index (χ1) is 8.60. The van der Waals surface area contributed by atoms with Crippen molar-refractivity contribution in [2.24, 2.45) is 0 Å². The molecular formula is C13H13F2NO2. The standard InChI is InChI=1S/C13H13F2NO2/c1-3-10(16-2)12(17)8-5-4-7-9(14)6-18-13(7)11(8)15/h4-6,10,16H,3H2,1-2H3. The van der Waals surface area contributed by atoms with Gasteiger partial charge in [0.1, 0.15) is 6.26 Å². The number of likely N-dealkylation sites (N-methyl/N-ethyl adjacent to an activating group) is 1. The second-order valence-electron chi connectivity index (χ2n) is 4.00. The highest BCUT2D eigenvalue weighted by molar-refractivity contribution is 6.02. The molecule has 5 heteroatoms. The second kappa shape index (κ2) is 4.86. The zero-order chi connectivity index (χ0) is 13.3. The minimum atomic E-state index is -0.810. The molecule has 0 fully saturated rings. The average Bonchev–Trinajstić information content (AvgIpc) is 2.74. The van der Waals surface area contributed by atoms with Gasteiger partial charge >= 0.3 is 0 Å². The number of hydrogen-bond acceptors (Lipinski definition) is 3. The Balaban J connectivity index is 2.52. The molecule has 0 bridgehead atoms. The molecule has 1 N–H and O–H groups in total. The third-order valence-corrected chi connectivity index (χ3v) is 2.97. The van der Waals surface area contributed by atoms with Crippen LogP contribution in [0.1, 0.15) is 23.7 Å². The summed E-state index contributed by atoms with van der Waals surface area (Å²) in [6, 6.07) is 2.18. The summed E-state index contributed by atoms with van der Waals surface area (Å²) in [5, 5.41) is 2.85. The molecule has 96 valence electrons. The summed E-state index contributed by atoms with van der Waals surface area (Å²) in [4.78, 5) is 12.0. The molecule has 0 aliphatic carbocycles. The fraction of sp³-hybridized carbons (Fsp3) is 0.308. The molecule has 1 aromatic carbocycles. The lowest BCUT2D eigenvalue weighted by Gasteiger charge is -2.12. The Bertz CT molecular complexity index is 588. The van der Waals surface area contributed by atoms with E-state index in [2.05, 4.69) is 5.32 Å². The van der Waals surface area contributed by atoms with E-state index in [1.54, 1.807) is 7.05 Å². The SMILES string of the molecule is CCC(NC)C(=O)c1ccc2c(F)coc2c1F. The van der Waals surface area contributed by atoms with Gasteiger partial charge in [-0.3, -0.25) is 4.79 Å². The number of hydrogen-bond donors (Lipinski definition) is 1. The first-order valence-electron chi connectivity index (χ1n) is 5.66. The van der Waals surface area contributed by atoms with Crippen molar-refractivity contribution in [2.75, 3.05) is 7.05 Å². The van der Waals surface area contributed by atoms with Crippen molar-refractivity contribution in [3.63, 3.8) is 0 Å². The van der Waals surface area contributed by atoms with E-state index < -0.39 is 17.7 Å². The van der Waals surface area contributed by atoms with Gasteiger partial charge in [-0.05, 0) is 25.6 Å².